The molecule has 0 aliphatic rings. The summed E-state index contributed by atoms with van der Waals surface area (Å²) in [5.74, 6) is 4.68. The molecule has 5 heteroatoms. The first-order valence-corrected chi connectivity index (χ1v) is 5.81. The third-order valence-electron chi connectivity index (χ3n) is 2.36. The SMILES string of the molecule is CCCCCOCc1ccc(C(=O)NN)cn1. The van der Waals surface area contributed by atoms with E-state index in [4.69, 9.17) is 10.6 Å². The molecule has 0 saturated heterocycles. The van der Waals surface area contributed by atoms with Gasteiger partial charge in [-0.3, -0.25) is 15.2 Å². The van der Waals surface area contributed by atoms with Crippen LogP contribution in [0.15, 0.2) is 18.3 Å². The molecule has 1 heterocycles. The van der Waals surface area contributed by atoms with Gasteiger partial charge in [-0.25, -0.2) is 5.84 Å². The standard InChI is InChI=1S/C12H19N3O2/c1-2-3-4-7-17-9-11-6-5-10(8-14-11)12(16)15-13/h5-6,8H,2-4,7,9,13H2,1H3,(H,15,16). The number of pyridine rings is 1. The number of hydrogen-bond donors (Lipinski definition) is 2. The zero-order valence-electron chi connectivity index (χ0n) is 10.1. The van der Waals surface area contributed by atoms with Gasteiger partial charge >= 0.3 is 0 Å². The number of hydrogen-bond acceptors (Lipinski definition) is 4. The molecule has 3 N–H and O–H groups in total. The minimum Gasteiger partial charge on any atom is -0.375 e. The Labute approximate surface area is 101 Å². The maximum atomic E-state index is 11.1. The molecule has 0 saturated carbocycles. The van der Waals surface area contributed by atoms with E-state index in [9.17, 15) is 4.79 Å². The molecule has 0 spiro atoms. The number of hydrazine groups is 1. The molecule has 0 aliphatic heterocycles. The molecule has 0 fully saturated rings. The predicted octanol–water partition coefficient (Wildman–Crippen LogP) is 1.39. The summed E-state index contributed by atoms with van der Waals surface area (Å²) in [5, 5.41) is 0. The summed E-state index contributed by atoms with van der Waals surface area (Å²) in [7, 11) is 0. The van der Waals surface area contributed by atoms with Crippen molar-refractivity contribution in [2.75, 3.05) is 6.61 Å². The van der Waals surface area contributed by atoms with Crippen molar-refractivity contribution in [3.8, 4) is 0 Å². The lowest BCUT2D eigenvalue weighted by molar-refractivity contribution is 0.0952. The van der Waals surface area contributed by atoms with Crippen molar-refractivity contribution in [2.24, 2.45) is 5.84 Å². The van der Waals surface area contributed by atoms with Gasteiger partial charge in [-0.05, 0) is 18.6 Å². The van der Waals surface area contributed by atoms with Crippen LogP contribution in [-0.2, 0) is 11.3 Å². The molecular formula is C12H19N3O2. The average Bonchev–Trinajstić information content (AvgIpc) is 2.38. The molecule has 0 unspecified atom stereocenters. The summed E-state index contributed by atoms with van der Waals surface area (Å²) in [5.41, 5.74) is 3.32. The smallest absolute Gasteiger partial charge is 0.266 e. The van der Waals surface area contributed by atoms with Gasteiger partial charge in [0.05, 0.1) is 17.9 Å². The highest BCUT2D eigenvalue weighted by Crippen LogP contribution is 2.03. The van der Waals surface area contributed by atoms with Gasteiger partial charge in [0.15, 0.2) is 0 Å². The number of rotatable bonds is 7. The number of amides is 1. The van der Waals surface area contributed by atoms with Crippen molar-refractivity contribution in [1.29, 1.82) is 0 Å². The van der Waals surface area contributed by atoms with Crippen LogP contribution in [0, 0.1) is 0 Å². The normalized spacial score (nSPS) is 10.2. The first-order chi connectivity index (χ1) is 8.27. The summed E-state index contributed by atoms with van der Waals surface area (Å²) in [6, 6.07) is 3.45. The minimum absolute atomic E-state index is 0.340. The highest BCUT2D eigenvalue weighted by Gasteiger charge is 2.03. The van der Waals surface area contributed by atoms with E-state index in [1.54, 1.807) is 12.1 Å². The molecule has 1 aromatic rings. The van der Waals surface area contributed by atoms with Gasteiger partial charge in [0, 0.05) is 12.8 Å². The van der Waals surface area contributed by atoms with Crippen molar-refractivity contribution in [1.82, 2.24) is 10.4 Å². The van der Waals surface area contributed by atoms with Crippen LogP contribution in [0.1, 0.15) is 42.2 Å². The zero-order valence-corrected chi connectivity index (χ0v) is 10.1. The minimum atomic E-state index is -0.340. The number of nitrogens with one attached hydrogen (secondary N) is 1. The van der Waals surface area contributed by atoms with E-state index in [-0.39, 0.29) is 5.91 Å². The van der Waals surface area contributed by atoms with Crippen LogP contribution < -0.4 is 11.3 Å². The fourth-order valence-electron chi connectivity index (χ4n) is 1.36. The van der Waals surface area contributed by atoms with E-state index in [1.165, 1.54) is 19.0 Å². The molecule has 0 aromatic carbocycles. The van der Waals surface area contributed by atoms with Gasteiger partial charge in [0.25, 0.3) is 5.91 Å². The molecule has 5 nitrogen and oxygen atoms in total. The zero-order chi connectivity index (χ0) is 12.5. The monoisotopic (exact) mass is 237 g/mol. The topological polar surface area (TPSA) is 77.2 Å². The van der Waals surface area contributed by atoms with Crippen molar-refractivity contribution < 1.29 is 9.53 Å². The average molecular weight is 237 g/mol. The molecule has 0 aliphatic carbocycles. The Morgan fingerprint density at radius 2 is 2.29 bits per heavy atom. The molecule has 17 heavy (non-hydrogen) atoms. The maximum absolute atomic E-state index is 11.1. The van der Waals surface area contributed by atoms with Crippen LogP contribution in [-0.4, -0.2) is 17.5 Å². The summed E-state index contributed by atoms with van der Waals surface area (Å²) in [6.07, 6.45) is 4.94. The van der Waals surface area contributed by atoms with Crippen LogP contribution in [0.2, 0.25) is 0 Å². The van der Waals surface area contributed by atoms with E-state index in [0.29, 0.717) is 12.2 Å². The molecular weight excluding hydrogens is 218 g/mol. The maximum Gasteiger partial charge on any atom is 0.266 e. The molecule has 94 valence electrons. The molecule has 0 radical (unpaired) electrons. The predicted molar refractivity (Wildman–Crippen MR) is 65.1 cm³/mol. The highest BCUT2D eigenvalue weighted by molar-refractivity contribution is 5.93. The first-order valence-electron chi connectivity index (χ1n) is 5.81. The Bertz CT molecular complexity index is 338. The van der Waals surface area contributed by atoms with Crippen LogP contribution in [0.25, 0.3) is 0 Å². The van der Waals surface area contributed by atoms with Crippen molar-refractivity contribution in [3.05, 3.63) is 29.6 Å². The molecule has 1 aromatic heterocycles. The fraction of sp³-hybridized carbons (Fsp3) is 0.500. The Morgan fingerprint density at radius 1 is 1.47 bits per heavy atom. The lowest BCUT2D eigenvalue weighted by Crippen LogP contribution is -2.30. The number of nitrogen functional groups attached to an aromatic ring is 1. The molecule has 0 bridgehead atoms. The Balaban J connectivity index is 2.33. The second-order valence-electron chi connectivity index (χ2n) is 3.77. The van der Waals surface area contributed by atoms with E-state index < -0.39 is 0 Å². The van der Waals surface area contributed by atoms with E-state index in [0.717, 1.165) is 18.7 Å². The molecule has 1 amide bonds. The highest BCUT2D eigenvalue weighted by atomic mass is 16.5. The molecule has 1 rings (SSSR count). The Hall–Kier alpha value is -1.46. The third-order valence-corrected chi connectivity index (χ3v) is 2.36. The van der Waals surface area contributed by atoms with Gasteiger partial charge in [-0.15, -0.1) is 0 Å². The van der Waals surface area contributed by atoms with Crippen LogP contribution in [0.3, 0.4) is 0 Å². The largest absolute Gasteiger partial charge is 0.375 e. The number of ether oxygens (including phenoxy) is 1. The Morgan fingerprint density at radius 3 is 2.88 bits per heavy atom. The second kappa shape index (κ2) is 7.76. The van der Waals surface area contributed by atoms with Crippen molar-refractivity contribution in [3.63, 3.8) is 0 Å². The number of nitrogens with zero attached hydrogens (tertiary/aromatic N) is 1. The quantitative estimate of drug-likeness (QED) is 0.325. The second-order valence-corrected chi connectivity index (χ2v) is 3.77. The third kappa shape index (κ3) is 4.93. The van der Waals surface area contributed by atoms with Crippen molar-refractivity contribution >= 4 is 5.91 Å². The van der Waals surface area contributed by atoms with Crippen LogP contribution in [0.4, 0.5) is 0 Å². The lowest BCUT2D eigenvalue weighted by Gasteiger charge is -2.04. The van der Waals surface area contributed by atoms with Crippen molar-refractivity contribution in [2.45, 2.75) is 32.8 Å². The number of nitrogens with two attached hydrogens (primary N) is 1. The van der Waals surface area contributed by atoms with Crippen LogP contribution >= 0.6 is 0 Å². The van der Waals surface area contributed by atoms with Crippen LogP contribution in [0.5, 0.6) is 0 Å². The summed E-state index contributed by atoms with van der Waals surface area (Å²) in [4.78, 5) is 15.3. The lowest BCUT2D eigenvalue weighted by atomic mass is 10.2. The summed E-state index contributed by atoms with van der Waals surface area (Å²) in [6.45, 7) is 3.39. The first kappa shape index (κ1) is 13.6. The number of unbranched alkanes of at least 4 members (excludes halogenated alkanes) is 2. The number of aromatic nitrogens is 1. The fourth-order valence-corrected chi connectivity index (χ4v) is 1.36. The molecule has 0 atom stereocenters. The van der Waals surface area contributed by atoms with E-state index in [2.05, 4.69) is 17.3 Å². The number of carbonyl (C=O) groups excluding carboxylic acids is 1. The number of carbonyl (C=O) groups is 1. The van der Waals surface area contributed by atoms with E-state index in [1.807, 2.05) is 0 Å². The van der Waals surface area contributed by atoms with Gasteiger partial charge < -0.3 is 4.74 Å². The van der Waals surface area contributed by atoms with E-state index >= 15 is 0 Å². The van der Waals surface area contributed by atoms with Gasteiger partial charge in [0.2, 0.25) is 0 Å². The van der Waals surface area contributed by atoms with Gasteiger partial charge in [0.1, 0.15) is 0 Å². The summed E-state index contributed by atoms with van der Waals surface area (Å²) >= 11 is 0. The van der Waals surface area contributed by atoms with Gasteiger partial charge in [-0.1, -0.05) is 19.8 Å². The summed E-state index contributed by atoms with van der Waals surface area (Å²) < 4.78 is 5.46. The Kier molecular flexibility index (Phi) is 6.21. The van der Waals surface area contributed by atoms with Gasteiger partial charge in [-0.2, -0.15) is 0 Å².